The number of Topliss-reactive ketones (excluding diaryl/α,β-unsaturated/α-hetero) is 1. The number of esters is 1. The number of allylic oxidation sites excluding steroid dienone is 3. The number of halogens is 5. The van der Waals surface area contributed by atoms with Crippen molar-refractivity contribution in [2.45, 2.75) is 38.7 Å². The van der Waals surface area contributed by atoms with Crippen LogP contribution in [0.4, 0.5) is 22.0 Å². The summed E-state index contributed by atoms with van der Waals surface area (Å²) in [6.07, 6.45) is 1.52. The maximum atomic E-state index is 14.1. The lowest BCUT2D eigenvalue weighted by molar-refractivity contribution is -0.136. The third-order valence-electron chi connectivity index (χ3n) is 6.36. The molecule has 0 spiro atoms. The largest absolute Gasteiger partial charge is 0.496 e. The van der Waals surface area contributed by atoms with Crippen LogP contribution in [0.15, 0.2) is 40.7 Å². The highest BCUT2D eigenvalue weighted by Crippen LogP contribution is 2.43. The van der Waals surface area contributed by atoms with Gasteiger partial charge in [0, 0.05) is 34.9 Å². The van der Waals surface area contributed by atoms with Crippen LogP contribution in [-0.4, -0.2) is 26.0 Å². The molecule has 196 valence electrons. The Hall–Kier alpha value is -3.89. The van der Waals surface area contributed by atoms with E-state index in [0.29, 0.717) is 35.4 Å². The average Bonchev–Trinajstić information content (AvgIpc) is 2.89. The molecular formula is C26H22F5NO5. The molecule has 2 aliphatic rings. The SMILES string of the molecule is COC(=O)C1=C(C)NC2=C(C(=O)CCC2)[C@H]1c1ccc(OC)c(COc2c(F)c(F)c(F)c(F)c2F)c1. The minimum atomic E-state index is -2.30. The molecule has 1 atom stereocenters. The second-order valence-corrected chi connectivity index (χ2v) is 8.52. The van der Waals surface area contributed by atoms with Crippen molar-refractivity contribution in [3.63, 3.8) is 0 Å². The third-order valence-corrected chi connectivity index (χ3v) is 6.36. The quantitative estimate of drug-likeness (QED) is 0.246. The number of dihydropyridines is 1. The first-order chi connectivity index (χ1) is 17.6. The average molecular weight is 523 g/mol. The molecule has 0 saturated carbocycles. The molecule has 0 amide bonds. The van der Waals surface area contributed by atoms with Crippen LogP contribution in [0.3, 0.4) is 0 Å². The van der Waals surface area contributed by atoms with Crippen molar-refractivity contribution in [3.05, 3.63) is 81.0 Å². The van der Waals surface area contributed by atoms with Crippen LogP contribution >= 0.6 is 0 Å². The van der Waals surface area contributed by atoms with E-state index in [-0.39, 0.29) is 29.1 Å². The number of hydrogen-bond donors (Lipinski definition) is 1. The lowest BCUT2D eigenvalue weighted by Gasteiger charge is -2.34. The Balaban J connectivity index is 1.79. The number of ketones is 1. The number of nitrogens with one attached hydrogen (secondary N) is 1. The monoisotopic (exact) mass is 523 g/mol. The van der Waals surface area contributed by atoms with Gasteiger partial charge in [-0.25, -0.2) is 18.0 Å². The van der Waals surface area contributed by atoms with Crippen LogP contribution in [-0.2, 0) is 20.9 Å². The molecule has 0 fully saturated rings. The van der Waals surface area contributed by atoms with E-state index in [0.717, 1.165) is 0 Å². The van der Waals surface area contributed by atoms with Gasteiger partial charge in [0.2, 0.25) is 29.1 Å². The van der Waals surface area contributed by atoms with Crippen molar-refractivity contribution >= 4 is 11.8 Å². The highest BCUT2D eigenvalue weighted by atomic mass is 19.2. The summed E-state index contributed by atoms with van der Waals surface area (Å²) in [5, 5.41) is 3.13. The number of methoxy groups -OCH3 is 2. The summed E-state index contributed by atoms with van der Waals surface area (Å²) >= 11 is 0. The van der Waals surface area contributed by atoms with Gasteiger partial charge >= 0.3 is 5.97 Å². The second-order valence-electron chi connectivity index (χ2n) is 8.52. The number of rotatable bonds is 6. The lowest BCUT2D eigenvalue weighted by atomic mass is 9.75. The van der Waals surface area contributed by atoms with E-state index in [4.69, 9.17) is 14.2 Å². The molecule has 1 aliphatic heterocycles. The summed E-state index contributed by atoms with van der Waals surface area (Å²) in [5.74, 6) is -13.7. The van der Waals surface area contributed by atoms with E-state index in [1.54, 1.807) is 13.0 Å². The van der Waals surface area contributed by atoms with E-state index in [1.807, 2.05) is 0 Å². The second kappa shape index (κ2) is 10.2. The number of benzene rings is 2. The lowest BCUT2D eigenvalue weighted by Crippen LogP contribution is -2.34. The first-order valence-corrected chi connectivity index (χ1v) is 11.2. The summed E-state index contributed by atoms with van der Waals surface area (Å²) in [6, 6.07) is 4.59. The van der Waals surface area contributed by atoms with Gasteiger partial charge in [-0.2, -0.15) is 8.78 Å². The molecule has 11 heteroatoms. The first-order valence-electron chi connectivity index (χ1n) is 11.2. The van der Waals surface area contributed by atoms with Gasteiger partial charge < -0.3 is 19.5 Å². The van der Waals surface area contributed by atoms with Crippen LogP contribution < -0.4 is 14.8 Å². The molecule has 0 unspecified atom stereocenters. The van der Waals surface area contributed by atoms with Crippen molar-refractivity contribution in [2.75, 3.05) is 14.2 Å². The van der Waals surface area contributed by atoms with Gasteiger partial charge in [-0.15, -0.1) is 0 Å². The van der Waals surface area contributed by atoms with E-state index in [9.17, 15) is 31.5 Å². The summed E-state index contributed by atoms with van der Waals surface area (Å²) < 4.78 is 84.1. The number of carbonyl (C=O) groups excluding carboxylic acids is 2. The van der Waals surface area contributed by atoms with Crippen molar-refractivity contribution in [2.24, 2.45) is 0 Å². The number of hydrogen-bond acceptors (Lipinski definition) is 6. The van der Waals surface area contributed by atoms with Crippen LogP contribution in [0.2, 0.25) is 0 Å². The molecular weight excluding hydrogens is 501 g/mol. The van der Waals surface area contributed by atoms with Gasteiger partial charge in [0.15, 0.2) is 11.5 Å². The Morgan fingerprint density at radius 1 is 1.00 bits per heavy atom. The molecule has 1 heterocycles. The third kappa shape index (κ3) is 4.54. The summed E-state index contributed by atoms with van der Waals surface area (Å²) in [6.45, 7) is 1.04. The Kier molecular flexibility index (Phi) is 7.24. The zero-order chi connectivity index (χ0) is 27.0. The van der Waals surface area contributed by atoms with Crippen molar-refractivity contribution < 1.29 is 45.8 Å². The van der Waals surface area contributed by atoms with Crippen LogP contribution in [0, 0.1) is 29.1 Å². The molecule has 0 saturated heterocycles. The molecule has 0 radical (unpaired) electrons. The van der Waals surface area contributed by atoms with E-state index < -0.39 is 53.3 Å². The Morgan fingerprint density at radius 2 is 1.65 bits per heavy atom. The molecule has 37 heavy (non-hydrogen) atoms. The maximum Gasteiger partial charge on any atom is 0.336 e. The van der Waals surface area contributed by atoms with Gasteiger partial charge in [0.25, 0.3) is 0 Å². The van der Waals surface area contributed by atoms with Crippen LogP contribution in [0.25, 0.3) is 0 Å². The topological polar surface area (TPSA) is 73.9 Å². The number of carbonyl (C=O) groups is 2. The standard InChI is InChI=1S/C26H22F5NO5/c1-11-17(26(34)36-3)18(19-14(32-11)5-4-6-15(19)33)12-7-8-16(35-2)13(9-12)10-37-25-23(30)21(28)20(27)22(29)24(25)31/h7-9,18,32H,4-6,10H2,1-3H3/t18-/m0/s1. The fraction of sp³-hybridized carbons (Fsp3) is 0.308. The zero-order valence-corrected chi connectivity index (χ0v) is 20.1. The fourth-order valence-corrected chi connectivity index (χ4v) is 4.65. The van der Waals surface area contributed by atoms with Crippen LogP contribution in [0.5, 0.6) is 11.5 Å². The Morgan fingerprint density at radius 3 is 2.27 bits per heavy atom. The molecule has 0 bridgehead atoms. The molecule has 2 aromatic carbocycles. The van der Waals surface area contributed by atoms with Gasteiger partial charge in [-0.3, -0.25) is 4.79 Å². The first kappa shape index (κ1) is 26.2. The minimum absolute atomic E-state index is 0.150. The highest BCUT2D eigenvalue weighted by molar-refractivity contribution is 6.03. The Labute approximate surface area is 208 Å². The smallest absolute Gasteiger partial charge is 0.336 e. The van der Waals surface area contributed by atoms with Gasteiger partial charge in [-0.1, -0.05) is 6.07 Å². The Bertz CT molecular complexity index is 1340. The maximum absolute atomic E-state index is 14.1. The fourth-order valence-electron chi connectivity index (χ4n) is 4.65. The van der Waals surface area contributed by atoms with E-state index >= 15 is 0 Å². The molecule has 1 N–H and O–H groups in total. The van der Waals surface area contributed by atoms with Crippen molar-refractivity contribution in [1.82, 2.24) is 5.32 Å². The van der Waals surface area contributed by atoms with Crippen LogP contribution in [0.1, 0.15) is 43.2 Å². The normalized spacial score (nSPS) is 17.4. The molecule has 4 rings (SSSR count). The zero-order valence-electron chi connectivity index (χ0n) is 20.1. The number of ether oxygens (including phenoxy) is 3. The van der Waals surface area contributed by atoms with Crippen molar-refractivity contribution in [1.29, 1.82) is 0 Å². The summed E-state index contributed by atoms with van der Waals surface area (Å²) in [4.78, 5) is 25.7. The predicted molar refractivity (Wildman–Crippen MR) is 120 cm³/mol. The van der Waals surface area contributed by atoms with E-state index in [2.05, 4.69) is 5.32 Å². The van der Waals surface area contributed by atoms with Gasteiger partial charge in [0.1, 0.15) is 12.4 Å². The minimum Gasteiger partial charge on any atom is -0.496 e. The molecule has 2 aromatic rings. The highest BCUT2D eigenvalue weighted by Gasteiger charge is 2.39. The summed E-state index contributed by atoms with van der Waals surface area (Å²) in [7, 11) is 2.53. The van der Waals surface area contributed by atoms with Gasteiger partial charge in [-0.05, 0) is 37.5 Å². The molecule has 6 nitrogen and oxygen atoms in total. The van der Waals surface area contributed by atoms with Crippen molar-refractivity contribution in [3.8, 4) is 11.5 Å². The molecule has 1 aliphatic carbocycles. The summed E-state index contributed by atoms with van der Waals surface area (Å²) in [5.41, 5.74) is 2.40. The predicted octanol–water partition coefficient (Wildman–Crippen LogP) is 5.11. The van der Waals surface area contributed by atoms with Gasteiger partial charge in [0.05, 0.1) is 19.8 Å². The van der Waals surface area contributed by atoms with E-state index in [1.165, 1.54) is 26.4 Å². The molecule has 0 aromatic heterocycles.